The summed E-state index contributed by atoms with van der Waals surface area (Å²) in [6.07, 6.45) is 0. The normalized spacial score (nSPS) is 12.7. The van der Waals surface area contributed by atoms with Crippen LogP contribution in [0.2, 0.25) is 0 Å². The van der Waals surface area contributed by atoms with Crippen molar-refractivity contribution in [1.82, 2.24) is 5.32 Å². The molecule has 0 aliphatic rings. The van der Waals surface area contributed by atoms with Gasteiger partial charge in [0.05, 0.1) is 9.83 Å². The molecule has 0 saturated heterocycles. The largest absolute Gasteiger partial charge is 0.306 e. The summed E-state index contributed by atoms with van der Waals surface area (Å²) in [5, 5.41) is 3.57. The Hall–Kier alpha value is -0.160. The lowest BCUT2D eigenvalue weighted by Crippen LogP contribution is -2.21. The van der Waals surface area contributed by atoms with E-state index in [0.29, 0.717) is 0 Å². The van der Waals surface area contributed by atoms with E-state index in [1.165, 1.54) is 16.0 Å². The van der Waals surface area contributed by atoms with Crippen LogP contribution in [0.4, 0.5) is 0 Å². The quantitative estimate of drug-likeness (QED) is 0.751. The number of hydrogen-bond acceptors (Lipinski definition) is 2. The summed E-state index contributed by atoms with van der Waals surface area (Å²) >= 11 is 8.91. The molecule has 96 valence electrons. The molecule has 4 heteroatoms. The summed E-state index contributed by atoms with van der Waals surface area (Å²) in [5.74, 6) is 0. The Morgan fingerprint density at radius 2 is 2.00 bits per heavy atom. The third kappa shape index (κ3) is 3.05. The van der Waals surface area contributed by atoms with E-state index in [-0.39, 0.29) is 6.04 Å². The first-order valence-corrected chi connectivity index (χ1v) is 8.27. The van der Waals surface area contributed by atoms with E-state index in [2.05, 4.69) is 81.4 Å². The SMILES string of the molecule is CCNC(c1cc(Br)c(Br)s1)c1ccccc1C. The van der Waals surface area contributed by atoms with Gasteiger partial charge in [-0.25, -0.2) is 0 Å². The third-order valence-electron chi connectivity index (χ3n) is 2.86. The number of benzene rings is 1. The maximum absolute atomic E-state index is 3.57. The van der Waals surface area contributed by atoms with Crippen molar-refractivity contribution in [3.8, 4) is 0 Å². The van der Waals surface area contributed by atoms with Crippen LogP contribution in [0.3, 0.4) is 0 Å². The first-order valence-electron chi connectivity index (χ1n) is 5.87. The smallest absolute Gasteiger partial charge is 0.0843 e. The second-order valence-electron chi connectivity index (χ2n) is 4.12. The van der Waals surface area contributed by atoms with Gasteiger partial charge < -0.3 is 5.32 Å². The zero-order valence-corrected chi connectivity index (χ0v) is 14.3. The molecule has 1 heterocycles. The molecule has 1 aromatic carbocycles. The van der Waals surface area contributed by atoms with Gasteiger partial charge in [0.15, 0.2) is 0 Å². The molecule has 1 N–H and O–H groups in total. The Balaban J connectivity index is 2.43. The predicted molar refractivity (Wildman–Crippen MR) is 86.4 cm³/mol. The van der Waals surface area contributed by atoms with Crippen molar-refractivity contribution in [2.24, 2.45) is 0 Å². The fourth-order valence-electron chi connectivity index (χ4n) is 1.98. The van der Waals surface area contributed by atoms with Crippen LogP contribution in [0.25, 0.3) is 0 Å². The highest BCUT2D eigenvalue weighted by Gasteiger charge is 2.18. The average Bonchev–Trinajstić information content (AvgIpc) is 2.68. The predicted octanol–water partition coefficient (Wildman–Crippen LogP) is 5.28. The Kier molecular flexibility index (Phi) is 5.01. The van der Waals surface area contributed by atoms with E-state index in [0.717, 1.165) is 14.8 Å². The van der Waals surface area contributed by atoms with Crippen LogP contribution < -0.4 is 5.32 Å². The van der Waals surface area contributed by atoms with Crippen LogP contribution in [-0.2, 0) is 0 Å². The minimum Gasteiger partial charge on any atom is -0.306 e. The van der Waals surface area contributed by atoms with E-state index >= 15 is 0 Å². The highest BCUT2D eigenvalue weighted by molar-refractivity contribution is 9.13. The Morgan fingerprint density at radius 3 is 2.56 bits per heavy atom. The third-order valence-corrected chi connectivity index (χ3v) is 6.18. The molecule has 0 amide bonds. The molecular formula is C14H15Br2NS. The van der Waals surface area contributed by atoms with Crippen molar-refractivity contribution in [2.45, 2.75) is 19.9 Å². The molecule has 2 aromatic rings. The minimum atomic E-state index is 0.267. The van der Waals surface area contributed by atoms with Gasteiger partial charge in [-0.3, -0.25) is 0 Å². The summed E-state index contributed by atoms with van der Waals surface area (Å²) in [6.45, 7) is 5.26. The molecule has 1 atom stereocenters. The Morgan fingerprint density at radius 1 is 1.28 bits per heavy atom. The van der Waals surface area contributed by atoms with Crippen molar-refractivity contribution in [3.05, 3.63) is 54.6 Å². The van der Waals surface area contributed by atoms with Crippen LogP contribution >= 0.6 is 43.2 Å². The van der Waals surface area contributed by atoms with Gasteiger partial charge in [-0.1, -0.05) is 31.2 Å². The second-order valence-corrected chi connectivity index (χ2v) is 7.37. The van der Waals surface area contributed by atoms with Gasteiger partial charge in [-0.05, 0) is 62.5 Å². The van der Waals surface area contributed by atoms with E-state index in [1.807, 2.05) is 0 Å². The fraction of sp³-hybridized carbons (Fsp3) is 0.286. The topological polar surface area (TPSA) is 12.0 Å². The molecule has 0 radical (unpaired) electrons. The van der Waals surface area contributed by atoms with Crippen molar-refractivity contribution in [3.63, 3.8) is 0 Å². The summed E-state index contributed by atoms with van der Waals surface area (Å²) in [4.78, 5) is 1.32. The zero-order chi connectivity index (χ0) is 13.1. The Labute approximate surface area is 129 Å². The highest BCUT2D eigenvalue weighted by Crippen LogP contribution is 2.38. The Bertz CT molecular complexity index is 517. The molecule has 1 unspecified atom stereocenters. The molecule has 2 rings (SSSR count). The van der Waals surface area contributed by atoms with Crippen molar-refractivity contribution >= 4 is 43.2 Å². The first-order chi connectivity index (χ1) is 8.63. The van der Waals surface area contributed by atoms with E-state index in [1.54, 1.807) is 11.3 Å². The second kappa shape index (κ2) is 6.33. The van der Waals surface area contributed by atoms with Crippen molar-refractivity contribution in [1.29, 1.82) is 0 Å². The zero-order valence-electron chi connectivity index (χ0n) is 10.3. The van der Waals surface area contributed by atoms with Gasteiger partial charge >= 0.3 is 0 Å². The highest BCUT2D eigenvalue weighted by atomic mass is 79.9. The van der Waals surface area contributed by atoms with Crippen LogP contribution in [0.15, 0.2) is 38.6 Å². The lowest BCUT2D eigenvalue weighted by Gasteiger charge is -2.19. The molecule has 0 bridgehead atoms. The van der Waals surface area contributed by atoms with Gasteiger partial charge in [0, 0.05) is 9.35 Å². The molecule has 1 aromatic heterocycles. The fourth-order valence-corrected chi connectivity index (χ4v) is 4.17. The van der Waals surface area contributed by atoms with Gasteiger partial charge in [0.1, 0.15) is 0 Å². The summed E-state index contributed by atoms with van der Waals surface area (Å²) < 4.78 is 2.27. The monoisotopic (exact) mass is 387 g/mol. The van der Waals surface area contributed by atoms with Gasteiger partial charge in [0.2, 0.25) is 0 Å². The lowest BCUT2D eigenvalue weighted by molar-refractivity contribution is 0.636. The van der Waals surface area contributed by atoms with Crippen LogP contribution in [-0.4, -0.2) is 6.54 Å². The van der Waals surface area contributed by atoms with Crippen molar-refractivity contribution < 1.29 is 0 Å². The standard InChI is InChI=1S/C14H15Br2NS/c1-3-17-13(10-7-5-4-6-9(10)2)12-8-11(15)14(16)18-12/h4-8,13,17H,3H2,1-2H3. The lowest BCUT2D eigenvalue weighted by atomic mass is 10.00. The molecular weight excluding hydrogens is 374 g/mol. The van der Waals surface area contributed by atoms with Gasteiger partial charge in [0.25, 0.3) is 0 Å². The van der Waals surface area contributed by atoms with E-state index < -0.39 is 0 Å². The van der Waals surface area contributed by atoms with E-state index in [9.17, 15) is 0 Å². The molecule has 18 heavy (non-hydrogen) atoms. The first kappa shape index (κ1) is 14.3. The van der Waals surface area contributed by atoms with Gasteiger partial charge in [-0.2, -0.15) is 0 Å². The molecule has 0 fully saturated rings. The molecule has 0 aliphatic heterocycles. The molecule has 0 spiro atoms. The summed E-state index contributed by atoms with van der Waals surface area (Å²) in [5.41, 5.74) is 2.67. The van der Waals surface area contributed by atoms with Gasteiger partial charge in [-0.15, -0.1) is 11.3 Å². The minimum absolute atomic E-state index is 0.267. The maximum Gasteiger partial charge on any atom is 0.0843 e. The molecule has 0 aliphatic carbocycles. The number of thiophene rings is 1. The maximum atomic E-state index is 3.57. The molecule has 1 nitrogen and oxygen atoms in total. The number of halogens is 2. The van der Waals surface area contributed by atoms with E-state index in [4.69, 9.17) is 0 Å². The number of hydrogen-bond donors (Lipinski definition) is 1. The number of aryl methyl sites for hydroxylation is 1. The number of rotatable bonds is 4. The van der Waals surface area contributed by atoms with Crippen LogP contribution in [0.5, 0.6) is 0 Å². The summed E-state index contributed by atoms with van der Waals surface area (Å²) in [6, 6.07) is 11.0. The molecule has 0 saturated carbocycles. The van der Waals surface area contributed by atoms with Crippen molar-refractivity contribution in [2.75, 3.05) is 6.54 Å². The van der Waals surface area contributed by atoms with Crippen LogP contribution in [0, 0.1) is 6.92 Å². The summed E-state index contributed by atoms with van der Waals surface area (Å²) in [7, 11) is 0. The average molecular weight is 389 g/mol. The number of nitrogens with one attached hydrogen (secondary N) is 1. The van der Waals surface area contributed by atoms with Crippen LogP contribution in [0.1, 0.15) is 29.0 Å².